The number of carbonyl (C=O) groups excluding carboxylic acids is 1. The van der Waals surface area contributed by atoms with Gasteiger partial charge in [-0.05, 0) is 119 Å². The van der Waals surface area contributed by atoms with Gasteiger partial charge in [-0.25, -0.2) is 13.4 Å². The van der Waals surface area contributed by atoms with Crippen molar-refractivity contribution >= 4 is 27.4 Å². The third kappa shape index (κ3) is 5.09. The van der Waals surface area contributed by atoms with Gasteiger partial charge in [-0.15, -0.1) is 0 Å². The molecule has 4 bridgehead atoms. The van der Waals surface area contributed by atoms with Gasteiger partial charge in [0.25, 0.3) is 5.91 Å². The molecule has 1 saturated heterocycles. The third-order valence-corrected chi connectivity index (χ3v) is 12.6. The highest BCUT2D eigenvalue weighted by Crippen LogP contribution is 2.61. The summed E-state index contributed by atoms with van der Waals surface area (Å²) < 4.78 is 27.5. The number of aliphatic hydroxyl groups is 1. The van der Waals surface area contributed by atoms with Crippen molar-refractivity contribution in [2.24, 2.45) is 23.5 Å². The number of carbonyl (C=O) groups is 1. The van der Waals surface area contributed by atoms with Crippen molar-refractivity contribution in [3.8, 4) is 0 Å². The summed E-state index contributed by atoms with van der Waals surface area (Å²) >= 11 is 0. The molecule has 4 aliphatic carbocycles. The number of nitrogens with zero attached hydrogens (tertiary/aromatic N) is 4. The molecule has 42 heavy (non-hydrogen) atoms. The molecule has 3 N–H and O–H groups in total. The third-order valence-electron chi connectivity index (χ3n) is 10.5. The first-order valence-corrected chi connectivity index (χ1v) is 16.7. The second-order valence-electron chi connectivity index (χ2n) is 14.3. The summed E-state index contributed by atoms with van der Waals surface area (Å²) in [5.41, 5.74) is 7.20. The molecule has 1 aromatic carbocycles. The van der Waals surface area contributed by atoms with Crippen LogP contribution in [0.1, 0.15) is 81.8 Å². The molecule has 1 aliphatic heterocycles. The highest BCUT2D eigenvalue weighted by atomic mass is 32.2. The predicted octanol–water partition coefficient (Wildman–Crippen LogP) is 3.97. The van der Waals surface area contributed by atoms with Gasteiger partial charge in [-0.3, -0.25) is 4.79 Å². The zero-order valence-corrected chi connectivity index (χ0v) is 26.3. The van der Waals surface area contributed by atoms with Crippen LogP contribution < -0.4 is 15.5 Å². The molecule has 228 valence electrons. The van der Waals surface area contributed by atoms with E-state index in [0.717, 1.165) is 62.3 Å². The van der Waals surface area contributed by atoms with Crippen molar-refractivity contribution in [2.75, 3.05) is 36.5 Å². The minimum atomic E-state index is -3.58. The maximum absolute atomic E-state index is 13.1. The average molecular weight is 596 g/mol. The maximum Gasteiger partial charge on any atom is 0.267 e. The first-order chi connectivity index (χ1) is 19.7. The van der Waals surface area contributed by atoms with E-state index >= 15 is 0 Å². The fraction of sp³-hybridized carbons (Fsp3) is 0.625. The van der Waals surface area contributed by atoms with Gasteiger partial charge in [-0.1, -0.05) is 6.07 Å². The van der Waals surface area contributed by atoms with Gasteiger partial charge in [0.2, 0.25) is 10.0 Å². The Labute approximate surface area is 250 Å². The number of aromatic nitrogens is 1. The molecule has 4 saturated carbocycles. The highest BCUT2D eigenvalue weighted by Gasteiger charge is 2.55. The number of anilines is 2. The topological polar surface area (TPSA) is 120 Å². The van der Waals surface area contributed by atoms with Crippen molar-refractivity contribution in [1.29, 1.82) is 0 Å². The lowest BCUT2D eigenvalue weighted by molar-refractivity contribution is -0.134. The molecule has 3 atom stereocenters. The van der Waals surface area contributed by atoms with Gasteiger partial charge in [0.15, 0.2) is 0 Å². The fourth-order valence-corrected chi connectivity index (χ4v) is 9.97. The summed E-state index contributed by atoms with van der Waals surface area (Å²) in [7, 11) is -1.97. The number of amides is 1. The normalized spacial score (nSPS) is 31.2. The van der Waals surface area contributed by atoms with Crippen molar-refractivity contribution in [3.63, 3.8) is 0 Å². The second kappa shape index (κ2) is 10.2. The minimum absolute atomic E-state index is 0.115. The largest absolute Gasteiger partial charge is 0.390 e. The van der Waals surface area contributed by atoms with Crippen molar-refractivity contribution in [2.45, 2.75) is 87.8 Å². The molecule has 7 rings (SSSR count). The smallest absolute Gasteiger partial charge is 0.267 e. The zero-order chi connectivity index (χ0) is 30.2. The van der Waals surface area contributed by atoms with Crippen molar-refractivity contribution in [1.82, 2.24) is 9.29 Å². The fourth-order valence-electron chi connectivity index (χ4n) is 8.46. The molecule has 2 aromatic rings. The van der Waals surface area contributed by atoms with Gasteiger partial charge in [0, 0.05) is 44.0 Å². The number of pyridine rings is 1. The number of rotatable bonds is 6. The molecule has 5 aliphatic rings. The number of hydrogen-bond acceptors (Lipinski definition) is 7. The van der Waals surface area contributed by atoms with Crippen LogP contribution in [0.5, 0.6) is 0 Å². The molecule has 1 aromatic heterocycles. The number of primary amides is 1. The van der Waals surface area contributed by atoms with Crippen LogP contribution in [0.2, 0.25) is 0 Å². The SMILES string of the molecule is CC1CN(c2ccc(S(=O)(=O)N(C)C(C)(C)C)cc2)CCN1c1ccc(C2C3CC4CC2CC(O)(C4)C3)c(C(N)=O)n1. The van der Waals surface area contributed by atoms with Gasteiger partial charge >= 0.3 is 0 Å². The van der Waals surface area contributed by atoms with Gasteiger partial charge in [0.1, 0.15) is 11.5 Å². The Hall–Kier alpha value is -2.69. The van der Waals surface area contributed by atoms with Crippen LogP contribution in [-0.4, -0.2) is 72.6 Å². The Morgan fingerprint density at radius 3 is 2.24 bits per heavy atom. The molecule has 5 fully saturated rings. The van der Waals surface area contributed by atoms with Crippen molar-refractivity contribution < 1.29 is 18.3 Å². The van der Waals surface area contributed by atoms with Crippen LogP contribution in [0.4, 0.5) is 11.5 Å². The summed E-state index contributed by atoms with van der Waals surface area (Å²) in [6.45, 7) is 9.95. The van der Waals surface area contributed by atoms with E-state index in [1.54, 1.807) is 19.2 Å². The van der Waals surface area contributed by atoms with E-state index in [4.69, 9.17) is 10.7 Å². The van der Waals surface area contributed by atoms with Gasteiger partial charge in [-0.2, -0.15) is 4.31 Å². The van der Waals surface area contributed by atoms with E-state index in [-0.39, 0.29) is 16.9 Å². The molecule has 9 nitrogen and oxygen atoms in total. The first-order valence-electron chi connectivity index (χ1n) is 15.3. The highest BCUT2D eigenvalue weighted by molar-refractivity contribution is 7.89. The number of nitrogens with two attached hydrogens (primary N) is 1. The van der Waals surface area contributed by atoms with E-state index in [0.29, 0.717) is 30.0 Å². The molecule has 10 heteroatoms. The van der Waals surface area contributed by atoms with Crippen LogP contribution >= 0.6 is 0 Å². The number of hydrogen-bond donors (Lipinski definition) is 2. The van der Waals surface area contributed by atoms with Crippen molar-refractivity contribution in [3.05, 3.63) is 47.7 Å². The van der Waals surface area contributed by atoms with Crippen LogP contribution in [0.15, 0.2) is 41.3 Å². The van der Waals surface area contributed by atoms with E-state index in [2.05, 4.69) is 22.8 Å². The lowest BCUT2D eigenvalue weighted by atomic mass is 9.49. The summed E-state index contributed by atoms with van der Waals surface area (Å²) in [6.07, 6.45) is 4.77. The van der Waals surface area contributed by atoms with Gasteiger partial charge < -0.3 is 20.6 Å². The summed E-state index contributed by atoms with van der Waals surface area (Å²) in [4.78, 5) is 22.3. The standard InChI is InChI=1S/C32H45N5O4S/c1-20-19-36(24-6-8-25(9-7-24)42(40,41)35(5)31(2,3)4)12-13-37(20)27-11-10-26(29(34-27)30(33)38)28-22-14-21-15-23(28)18-32(39,16-21)17-22/h6-11,20-23,28,39H,12-19H2,1-5H3,(H2,33,38). The first kappa shape index (κ1) is 29.4. The predicted molar refractivity (Wildman–Crippen MR) is 164 cm³/mol. The summed E-state index contributed by atoms with van der Waals surface area (Å²) in [6, 6.07) is 11.4. The quantitative estimate of drug-likeness (QED) is 0.519. The maximum atomic E-state index is 13.1. The van der Waals surface area contributed by atoms with Crippen LogP contribution in [0.25, 0.3) is 0 Å². The lowest BCUT2D eigenvalue weighted by Gasteiger charge is -2.58. The molecule has 2 heterocycles. The van der Waals surface area contributed by atoms with Crippen LogP contribution in [-0.2, 0) is 10.0 Å². The van der Waals surface area contributed by atoms with Crippen LogP contribution in [0.3, 0.4) is 0 Å². The summed E-state index contributed by atoms with van der Waals surface area (Å²) in [5, 5.41) is 11.0. The number of benzene rings is 1. The van der Waals surface area contributed by atoms with Gasteiger partial charge in [0.05, 0.1) is 10.5 Å². The molecule has 3 unspecified atom stereocenters. The van der Waals surface area contributed by atoms with Crippen LogP contribution in [0, 0.1) is 17.8 Å². The molecule has 0 radical (unpaired) electrons. The summed E-state index contributed by atoms with van der Waals surface area (Å²) in [5.74, 6) is 1.85. The van der Waals surface area contributed by atoms with E-state index in [9.17, 15) is 18.3 Å². The second-order valence-corrected chi connectivity index (χ2v) is 16.3. The number of sulfonamides is 1. The van der Waals surface area contributed by atoms with E-state index in [1.807, 2.05) is 39.0 Å². The van der Waals surface area contributed by atoms with E-state index in [1.165, 1.54) is 4.31 Å². The zero-order valence-electron chi connectivity index (χ0n) is 25.5. The minimum Gasteiger partial charge on any atom is -0.390 e. The Bertz CT molecular complexity index is 1450. The molecular weight excluding hydrogens is 550 g/mol. The number of piperazine rings is 1. The molecule has 1 amide bonds. The monoisotopic (exact) mass is 595 g/mol. The molecular formula is C32H45N5O4S. The molecule has 0 spiro atoms. The Balaban J connectivity index is 1.18. The lowest BCUT2D eigenvalue weighted by Crippen LogP contribution is -2.54. The average Bonchev–Trinajstić information content (AvgIpc) is 2.91. The van der Waals surface area contributed by atoms with E-state index < -0.39 is 27.1 Å². The Morgan fingerprint density at radius 1 is 1.05 bits per heavy atom. The Kier molecular flexibility index (Phi) is 7.14. The Morgan fingerprint density at radius 2 is 1.69 bits per heavy atom.